The van der Waals surface area contributed by atoms with E-state index >= 15 is 0 Å². The molecule has 0 saturated carbocycles. The fourth-order valence-corrected chi connectivity index (χ4v) is 3.06. The number of fused-ring (bicyclic) bond motifs is 1. The van der Waals surface area contributed by atoms with Gasteiger partial charge in [0, 0.05) is 5.56 Å². The topological polar surface area (TPSA) is 61.2 Å². The van der Waals surface area contributed by atoms with Crippen molar-refractivity contribution in [3.8, 4) is 11.5 Å². The largest absolute Gasteiger partial charge is 0.435 e. The number of anilines is 1. The van der Waals surface area contributed by atoms with E-state index in [0.717, 1.165) is 0 Å². The molecular formula is C19H14F4N4O2. The first-order valence-corrected chi connectivity index (χ1v) is 8.48. The minimum atomic E-state index is -2.97. The van der Waals surface area contributed by atoms with E-state index in [9.17, 15) is 17.6 Å². The van der Waals surface area contributed by atoms with Crippen molar-refractivity contribution in [2.45, 2.75) is 19.3 Å². The van der Waals surface area contributed by atoms with Crippen LogP contribution in [0.2, 0.25) is 0 Å². The van der Waals surface area contributed by atoms with Crippen molar-refractivity contribution < 1.29 is 27.0 Å². The fraction of sp³-hybridized carbons (Fsp3) is 0.158. The summed E-state index contributed by atoms with van der Waals surface area (Å²) >= 11 is 0. The van der Waals surface area contributed by atoms with Crippen molar-refractivity contribution in [1.82, 2.24) is 14.8 Å². The summed E-state index contributed by atoms with van der Waals surface area (Å²) in [5.41, 5.74) is 1.63. The second kappa shape index (κ2) is 7.82. The first kappa shape index (κ1) is 18.8. The summed E-state index contributed by atoms with van der Waals surface area (Å²) in [7, 11) is 0. The molecule has 10 heteroatoms. The molecule has 4 rings (SSSR count). The molecule has 3 aromatic rings. The van der Waals surface area contributed by atoms with E-state index in [1.807, 2.05) is 0 Å². The molecule has 150 valence electrons. The molecule has 1 atom stereocenters. The molecule has 1 aliphatic rings. The Morgan fingerprint density at radius 3 is 2.38 bits per heavy atom. The minimum Gasteiger partial charge on any atom is -0.435 e. The maximum absolute atomic E-state index is 12.8. The minimum absolute atomic E-state index is 0.00801. The standard InChI is InChI=1S/C19H14F4N4O2/c20-17(21)28-12-7-5-11(6-8-12)15-9-14(26-19-24-10-25-27(15)19)13-3-1-2-4-16(13)29-18(22)23/h1-10,15,17-18H,(H,24,25,26)/t15-/m1/s1. The SMILES string of the molecule is FC(F)Oc1ccc([C@H]2C=C(c3ccccc3OC(F)F)Nc3ncnn32)cc1. The van der Waals surface area contributed by atoms with Gasteiger partial charge in [-0.05, 0) is 35.9 Å². The number of nitrogens with one attached hydrogen (secondary N) is 1. The first-order valence-electron chi connectivity index (χ1n) is 8.48. The zero-order chi connectivity index (χ0) is 20.4. The predicted molar refractivity (Wildman–Crippen MR) is 95.9 cm³/mol. The van der Waals surface area contributed by atoms with Crippen molar-refractivity contribution in [2.75, 3.05) is 5.32 Å². The summed E-state index contributed by atoms with van der Waals surface area (Å²) in [5.74, 6) is 0.428. The van der Waals surface area contributed by atoms with Gasteiger partial charge in [-0.3, -0.25) is 0 Å². The van der Waals surface area contributed by atoms with Crippen LogP contribution in [0.3, 0.4) is 0 Å². The highest BCUT2D eigenvalue weighted by molar-refractivity contribution is 5.80. The third kappa shape index (κ3) is 4.00. The van der Waals surface area contributed by atoms with Crippen LogP contribution < -0.4 is 14.8 Å². The molecule has 1 N–H and O–H groups in total. The van der Waals surface area contributed by atoms with Gasteiger partial charge in [0.1, 0.15) is 23.9 Å². The molecule has 1 aromatic heterocycles. The van der Waals surface area contributed by atoms with Crippen LogP contribution in [-0.2, 0) is 0 Å². The van der Waals surface area contributed by atoms with Crippen molar-refractivity contribution >= 4 is 11.6 Å². The second-order valence-corrected chi connectivity index (χ2v) is 6.00. The van der Waals surface area contributed by atoms with Crippen LogP contribution in [-0.4, -0.2) is 28.0 Å². The Morgan fingerprint density at radius 2 is 1.66 bits per heavy atom. The summed E-state index contributed by atoms with van der Waals surface area (Å²) < 4.78 is 60.9. The van der Waals surface area contributed by atoms with Crippen LogP contribution in [0.5, 0.6) is 11.5 Å². The lowest BCUT2D eigenvalue weighted by Crippen LogP contribution is -2.20. The Bertz CT molecular complexity index is 1020. The Kier molecular flexibility index (Phi) is 5.07. The molecule has 0 fully saturated rings. The lowest BCUT2D eigenvalue weighted by Gasteiger charge is -2.25. The van der Waals surface area contributed by atoms with Gasteiger partial charge in [-0.1, -0.05) is 24.3 Å². The number of aromatic nitrogens is 3. The van der Waals surface area contributed by atoms with Crippen LogP contribution in [0.15, 0.2) is 60.9 Å². The molecule has 6 nitrogen and oxygen atoms in total. The monoisotopic (exact) mass is 406 g/mol. The van der Waals surface area contributed by atoms with Gasteiger partial charge in [0.25, 0.3) is 0 Å². The van der Waals surface area contributed by atoms with Crippen LogP contribution in [0.4, 0.5) is 23.5 Å². The molecule has 2 heterocycles. The summed E-state index contributed by atoms with van der Waals surface area (Å²) in [6.45, 7) is -5.89. The molecule has 0 spiro atoms. The number of hydrogen-bond donors (Lipinski definition) is 1. The predicted octanol–water partition coefficient (Wildman–Crippen LogP) is 4.54. The van der Waals surface area contributed by atoms with E-state index in [4.69, 9.17) is 0 Å². The molecule has 29 heavy (non-hydrogen) atoms. The zero-order valence-corrected chi connectivity index (χ0v) is 14.7. The number of nitrogens with zero attached hydrogens (tertiary/aromatic N) is 3. The average Bonchev–Trinajstić information content (AvgIpc) is 3.16. The number of alkyl halides is 4. The highest BCUT2D eigenvalue weighted by atomic mass is 19.3. The maximum atomic E-state index is 12.8. The van der Waals surface area contributed by atoms with Crippen LogP contribution in [0.25, 0.3) is 5.70 Å². The lowest BCUT2D eigenvalue weighted by molar-refractivity contribution is -0.0506. The Balaban J connectivity index is 1.72. The lowest BCUT2D eigenvalue weighted by atomic mass is 10.0. The molecule has 0 amide bonds. The highest BCUT2D eigenvalue weighted by Gasteiger charge is 2.25. The molecule has 0 bridgehead atoms. The van der Waals surface area contributed by atoms with Crippen LogP contribution in [0, 0.1) is 0 Å². The fourth-order valence-electron chi connectivity index (χ4n) is 3.06. The van der Waals surface area contributed by atoms with Crippen LogP contribution >= 0.6 is 0 Å². The molecule has 2 aromatic carbocycles. The van der Waals surface area contributed by atoms with E-state index in [2.05, 4.69) is 24.9 Å². The number of hydrogen-bond acceptors (Lipinski definition) is 5. The third-order valence-electron chi connectivity index (χ3n) is 4.25. The highest BCUT2D eigenvalue weighted by Crippen LogP contribution is 2.36. The van der Waals surface area contributed by atoms with E-state index in [1.54, 1.807) is 41.1 Å². The molecular weight excluding hydrogens is 392 g/mol. The van der Waals surface area contributed by atoms with Crippen molar-refractivity contribution in [2.24, 2.45) is 0 Å². The van der Waals surface area contributed by atoms with Crippen molar-refractivity contribution in [3.63, 3.8) is 0 Å². The number of para-hydroxylation sites is 1. The normalized spacial score (nSPS) is 15.7. The summed E-state index contributed by atoms with van der Waals surface area (Å²) in [5, 5.41) is 7.23. The van der Waals surface area contributed by atoms with Gasteiger partial charge < -0.3 is 14.8 Å². The number of allylic oxidation sites excluding steroid dienone is 1. The van der Waals surface area contributed by atoms with E-state index in [1.165, 1.54) is 24.5 Å². The maximum Gasteiger partial charge on any atom is 0.387 e. The van der Waals surface area contributed by atoms with Crippen molar-refractivity contribution in [3.05, 3.63) is 72.1 Å². The smallest absolute Gasteiger partial charge is 0.387 e. The van der Waals surface area contributed by atoms with Gasteiger partial charge in [0.2, 0.25) is 5.95 Å². The average molecular weight is 406 g/mol. The first-order chi connectivity index (χ1) is 14.0. The van der Waals surface area contributed by atoms with Crippen molar-refractivity contribution in [1.29, 1.82) is 0 Å². The molecule has 0 unspecified atom stereocenters. The number of halogens is 4. The van der Waals surface area contributed by atoms with Gasteiger partial charge in [-0.25, -0.2) is 4.68 Å². The summed E-state index contributed by atoms with van der Waals surface area (Å²) in [6.07, 6.45) is 3.11. The molecule has 1 aliphatic heterocycles. The molecule has 0 radical (unpaired) electrons. The number of benzene rings is 2. The zero-order valence-electron chi connectivity index (χ0n) is 14.7. The Morgan fingerprint density at radius 1 is 0.931 bits per heavy atom. The van der Waals surface area contributed by atoms with E-state index in [0.29, 0.717) is 22.8 Å². The Hall–Kier alpha value is -3.56. The number of ether oxygens (including phenoxy) is 2. The van der Waals surface area contributed by atoms with E-state index < -0.39 is 19.3 Å². The van der Waals surface area contributed by atoms with Gasteiger partial charge in [-0.2, -0.15) is 27.6 Å². The number of rotatable bonds is 6. The van der Waals surface area contributed by atoms with Gasteiger partial charge in [0.05, 0.1) is 5.70 Å². The quantitative estimate of drug-likeness (QED) is 0.610. The summed E-state index contributed by atoms with van der Waals surface area (Å²) in [4.78, 5) is 4.14. The second-order valence-electron chi connectivity index (χ2n) is 6.00. The van der Waals surface area contributed by atoms with Gasteiger partial charge >= 0.3 is 13.2 Å². The van der Waals surface area contributed by atoms with E-state index in [-0.39, 0.29) is 11.5 Å². The van der Waals surface area contributed by atoms with Crippen LogP contribution in [0.1, 0.15) is 17.2 Å². The third-order valence-corrected chi connectivity index (χ3v) is 4.25. The summed E-state index contributed by atoms with van der Waals surface area (Å²) in [6, 6.07) is 12.0. The Labute approximate surface area is 162 Å². The molecule has 0 aliphatic carbocycles. The van der Waals surface area contributed by atoms with Gasteiger partial charge in [0.15, 0.2) is 0 Å². The molecule has 0 saturated heterocycles. The van der Waals surface area contributed by atoms with Gasteiger partial charge in [-0.15, -0.1) is 0 Å².